The maximum absolute atomic E-state index is 4.30. The van der Waals surface area contributed by atoms with Crippen LogP contribution >= 0.6 is 0 Å². The van der Waals surface area contributed by atoms with Gasteiger partial charge < -0.3 is 0 Å². The van der Waals surface area contributed by atoms with Gasteiger partial charge in [-0.1, -0.05) is 26.0 Å². The van der Waals surface area contributed by atoms with Gasteiger partial charge in [0.05, 0.1) is 5.69 Å². The van der Waals surface area contributed by atoms with Crippen molar-refractivity contribution in [2.45, 2.75) is 46.6 Å². The number of hydrogen-bond donors (Lipinski definition) is 0. The molecule has 0 amide bonds. The Labute approximate surface area is 114 Å². The zero-order valence-electron chi connectivity index (χ0n) is 11.9. The third-order valence-electron chi connectivity index (χ3n) is 2.88. The Hall–Kier alpha value is -1.78. The third-order valence-corrected chi connectivity index (χ3v) is 2.88. The van der Waals surface area contributed by atoms with Gasteiger partial charge in [0.15, 0.2) is 0 Å². The van der Waals surface area contributed by atoms with Crippen LogP contribution in [0.1, 0.15) is 37.9 Å². The summed E-state index contributed by atoms with van der Waals surface area (Å²) in [6.45, 7) is 7.32. The summed E-state index contributed by atoms with van der Waals surface area (Å²) in [5.74, 6) is 1.48. The number of aromatic nitrogens is 5. The second kappa shape index (κ2) is 6.41. The van der Waals surface area contributed by atoms with E-state index in [1.165, 1.54) is 0 Å². The van der Waals surface area contributed by atoms with Crippen molar-refractivity contribution in [1.82, 2.24) is 25.0 Å². The lowest BCUT2D eigenvalue weighted by Crippen LogP contribution is -2.04. The fourth-order valence-corrected chi connectivity index (χ4v) is 1.88. The van der Waals surface area contributed by atoms with E-state index >= 15 is 0 Å². The summed E-state index contributed by atoms with van der Waals surface area (Å²) in [5.41, 5.74) is 2.18. The quantitative estimate of drug-likeness (QED) is 0.797. The first-order valence-electron chi connectivity index (χ1n) is 6.86. The highest BCUT2D eigenvalue weighted by atomic mass is 15.4. The first-order chi connectivity index (χ1) is 9.17. The molecule has 5 heteroatoms. The number of rotatable bonds is 6. The molecule has 0 bridgehead atoms. The number of hydrogen-bond acceptors (Lipinski definition) is 4. The van der Waals surface area contributed by atoms with Gasteiger partial charge >= 0.3 is 0 Å². The molecule has 0 aliphatic heterocycles. The van der Waals surface area contributed by atoms with Crippen molar-refractivity contribution < 1.29 is 0 Å². The Morgan fingerprint density at radius 2 is 1.89 bits per heavy atom. The normalized spacial score (nSPS) is 11.2. The Morgan fingerprint density at radius 1 is 1.16 bits per heavy atom. The van der Waals surface area contributed by atoms with Crippen LogP contribution < -0.4 is 0 Å². The molecule has 0 saturated carbocycles. The summed E-state index contributed by atoms with van der Waals surface area (Å²) in [4.78, 5) is 8.60. The molecule has 2 aromatic rings. The second-order valence-electron chi connectivity index (χ2n) is 5.19. The highest BCUT2D eigenvalue weighted by Gasteiger charge is 2.04. The van der Waals surface area contributed by atoms with Crippen LogP contribution in [0.4, 0.5) is 0 Å². The molecule has 0 atom stereocenters. The number of aryl methyl sites for hydroxylation is 3. The van der Waals surface area contributed by atoms with E-state index in [9.17, 15) is 0 Å². The van der Waals surface area contributed by atoms with E-state index < -0.39 is 0 Å². The van der Waals surface area contributed by atoms with Crippen molar-refractivity contribution >= 4 is 0 Å². The minimum atomic E-state index is 0.588. The molecular weight excluding hydrogens is 238 g/mol. The Morgan fingerprint density at radius 3 is 2.53 bits per heavy atom. The fourth-order valence-electron chi connectivity index (χ4n) is 1.88. The average molecular weight is 259 g/mol. The van der Waals surface area contributed by atoms with Crippen LogP contribution in [0.5, 0.6) is 0 Å². The molecule has 0 N–H and O–H groups in total. The third kappa shape index (κ3) is 4.12. The van der Waals surface area contributed by atoms with Crippen LogP contribution in [0.15, 0.2) is 18.6 Å². The lowest BCUT2D eigenvalue weighted by molar-refractivity contribution is 0.472. The van der Waals surface area contributed by atoms with Crippen LogP contribution in [-0.2, 0) is 25.8 Å². The van der Waals surface area contributed by atoms with Crippen molar-refractivity contribution in [3.63, 3.8) is 0 Å². The van der Waals surface area contributed by atoms with Crippen LogP contribution in [0, 0.1) is 5.92 Å². The molecule has 0 aliphatic rings. The summed E-state index contributed by atoms with van der Waals surface area (Å²) < 4.78 is 1.91. The Bertz CT molecular complexity index is 501. The summed E-state index contributed by atoms with van der Waals surface area (Å²) in [6, 6.07) is 0. The van der Waals surface area contributed by atoms with Gasteiger partial charge in [-0.2, -0.15) is 0 Å². The molecule has 0 radical (unpaired) electrons. The highest BCUT2D eigenvalue weighted by Crippen LogP contribution is 2.05. The van der Waals surface area contributed by atoms with Crippen LogP contribution in [-0.4, -0.2) is 25.0 Å². The summed E-state index contributed by atoms with van der Waals surface area (Å²) in [6.07, 6.45) is 8.51. The van der Waals surface area contributed by atoms with E-state index in [4.69, 9.17) is 0 Å². The topological polar surface area (TPSA) is 56.5 Å². The van der Waals surface area contributed by atoms with E-state index in [1.54, 1.807) is 0 Å². The van der Waals surface area contributed by atoms with Crippen molar-refractivity contribution in [3.05, 3.63) is 35.7 Å². The van der Waals surface area contributed by atoms with Gasteiger partial charge in [0.2, 0.25) is 0 Å². The molecule has 0 fully saturated rings. The molecule has 5 nitrogen and oxygen atoms in total. The molecule has 0 spiro atoms. The predicted molar refractivity (Wildman–Crippen MR) is 73.7 cm³/mol. The van der Waals surface area contributed by atoms with Crippen molar-refractivity contribution in [1.29, 1.82) is 0 Å². The lowest BCUT2D eigenvalue weighted by atomic mass is 10.1. The van der Waals surface area contributed by atoms with Crippen molar-refractivity contribution in [2.24, 2.45) is 5.92 Å². The maximum Gasteiger partial charge on any atom is 0.127 e. The van der Waals surface area contributed by atoms with E-state index in [0.29, 0.717) is 5.92 Å². The predicted octanol–water partition coefficient (Wildman–Crippen LogP) is 2.07. The zero-order chi connectivity index (χ0) is 13.7. The van der Waals surface area contributed by atoms with Crippen molar-refractivity contribution in [2.75, 3.05) is 0 Å². The van der Waals surface area contributed by atoms with Gasteiger partial charge in [0.25, 0.3) is 0 Å². The van der Waals surface area contributed by atoms with Crippen LogP contribution in [0.25, 0.3) is 0 Å². The van der Waals surface area contributed by atoms with E-state index in [-0.39, 0.29) is 0 Å². The Kier molecular flexibility index (Phi) is 4.60. The summed E-state index contributed by atoms with van der Waals surface area (Å²) in [7, 11) is 0. The van der Waals surface area contributed by atoms with Crippen LogP contribution in [0.3, 0.4) is 0 Å². The van der Waals surface area contributed by atoms with Crippen LogP contribution in [0.2, 0.25) is 0 Å². The molecule has 2 aromatic heterocycles. The minimum absolute atomic E-state index is 0.588. The van der Waals surface area contributed by atoms with E-state index in [2.05, 4.69) is 41.1 Å². The van der Waals surface area contributed by atoms with Crippen molar-refractivity contribution in [3.8, 4) is 0 Å². The van der Waals surface area contributed by atoms with Gasteiger partial charge in [-0.25, -0.2) is 9.97 Å². The van der Waals surface area contributed by atoms with Gasteiger partial charge in [0.1, 0.15) is 5.82 Å². The molecule has 0 saturated heterocycles. The SMILES string of the molecule is CCc1ncc(CCc2cn(CC(C)C)nn2)cn1. The van der Waals surface area contributed by atoms with E-state index in [1.807, 2.05) is 23.3 Å². The highest BCUT2D eigenvalue weighted by molar-refractivity contribution is 5.08. The molecule has 0 aromatic carbocycles. The summed E-state index contributed by atoms with van der Waals surface area (Å²) >= 11 is 0. The molecule has 2 rings (SSSR count). The second-order valence-corrected chi connectivity index (χ2v) is 5.19. The first-order valence-corrected chi connectivity index (χ1v) is 6.86. The summed E-state index contributed by atoms with van der Waals surface area (Å²) in [5, 5.41) is 8.32. The lowest BCUT2D eigenvalue weighted by Gasteiger charge is -2.02. The Balaban J connectivity index is 1.89. The largest absolute Gasteiger partial charge is 0.252 e. The van der Waals surface area contributed by atoms with Gasteiger partial charge in [-0.15, -0.1) is 5.10 Å². The smallest absolute Gasteiger partial charge is 0.127 e. The molecular formula is C14H21N5. The van der Waals surface area contributed by atoms with E-state index in [0.717, 1.165) is 42.9 Å². The fraction of sp³-hybridized carbons (Fsp3) is 0.571. The molecule has 0 aliphatic carbocycles. The minimum Gasteiger partial charge on any atom is -0.252 e. The standard InChI is InChI=1S/C14H21N5/c1-4-14-15-7-12(8-16-14)5-6-13-10-19(18-17-13)9-11(2)3/h7-8,10-11H,4-6,9H2,1-3H3. The zero-order valence-corrected chi connectivity index (χ0v) is 11.9. The molecule has 102 valence electrons. The first kappa shape index (κ1) is 13.6. The molecule has 0 unspecified atom stereocenters. The maximum atomic E-state index is 4.30. The molecule has 2 heterocycles. The van der Waals surface area contributed by atoms with Gasteiger partial charge in [-0.05, 0) is 24.3 Å². The molecule has 19 heavy (non-hydrogen) atoms. The number of nitrogens with zero attached hydrogens (tertiary/aromatic N) is 5. The average Bonchev–Trinajstić information content (AvgIpc) is 2.84. The monoisotopic (exact) mass is 259 g/mol. The van der Waals surface area contributed by atoms with Gasteiger partial charge in [0, 0.05) is 31.6 Å². The van der Waals surface area contributed by atoms with Gasteiger partial charge in [-0.3, -0.25) is 4.68 Å².